The summed E-state index contributed by atoms with van der Waals surface area (Å²) in [6, 6.07) is 7.23. The van der Waals surface area contributed by atoms with Crippen molar-refractivity contribution in [2.45, 2.75) is 18.9 Å². The van der Waals surface area contributed by atoms with Crippen LogP contribution in [0.25, 0.3) is 0 Å². The van der Waals surface area contributed by atoms with E-state index in [4.69, 9.17) is 0 Å². The van der Waals surface area contributed by atoms with Crippen LogP contribution in [0.4, 0.5) is 0 Å². The van der Waals surface area contributed by atoms with Crippen LogP contribution in [0, 0.1) is 0 Å². The van der Waals surface area contributed by atoms with Crippen LogP contribution in [0.5, 0.6) is 0 Å². The van der Waals surface area contributed by atoms with Gasteiger partial charge in [-0.1, -0.05) is 22.0 Å². The van der Waals surface area contributed by atoms with Gasteiger partial charge in [0.25, 0.3) is 5.91 Å². The van der Waals surface area contributed by atoms with Gasteiger partial charge in [0.15, 0.2) is 0 Å². The average Bonchev–Trinajstić information content (AvgIpc) is 2.46. The number of carbonyl (C=O) groups is 2. The molecule has 0 radical (unpaired) electrons. The highest BCUT2D eigenvalue weighted by Crippen LogP contribution is 2.11. The second-order valence-corrected chi connectivity index (χ2v) is 5.72. The van der Waals surface area contributed by atoms with E-state index in [9.17, 15) is 9.59 Å². The number of carbonyl (C=O) groups excluding carboxylic acids is 2. The molecule has 6 heteroatoms. The number of hydrogen-bond donors (Lipinski definition) is 3. The Labute approximate surface area is 126 Å². The smallest absolute Gasteiger partial charge is 0.251 e. The van der Waals surface area contributed by atoms with E-state index in [1.807, 2.05) is 6.07 Å². The molecule has 1 aliphatic heterocycles. The Morgan fingerprint density at radius 2 is 2.25 bits per heavy atom. The largest absolute Gasteiger partial charge is 0.351 e. The SMILES string of the molecule is O=C(CNC(=O)c1cccc(Br)c1)NC1CCCNC1. The quantitative estimate of drug-likeness (QED) is 0.767. The van der Waals surface area contributed by atoms with Gasteiger partial charge in [-0.15, -0.1) is 0 Å². The van der Waals surface area contributed by atoms with Crippen LogP contribution in [0.3, 0.4) is 0 Å². The Hall–Kier alpha value is -1.40. The molecule has 20 heavy (non-hydrogen) atoms. The molecule has 108 valence electrons. The molecule has 2 amide bonds. The molecular weight excluding hydrogens is 322 g/mol. The van der Waals surface area contributed by atoms with Crippen LogP contribution in [-0.4, -0.2) is 37.5 Å². The minimum absolute atomic E-state index is 0.00183. The van der Waals surface area contributed by atoms with Crippen molar-refractivity contribution in [3.63, 3.8) is 0 Å². The fourth-order valence-corrected chi connectivity index (χ4v) is 2.55. The summed E-state index contributed by atoms with van der Waals surface area (Å²) in [5.41, 5.74) is 0.534. The van der Waals surface area contributed by atoms with Gasteiger partial charge >= 0.3 is 0 Å². The minimum Gasteiger partial charge on any atom is -0.351 e. The molecule has 1 saturated heterocycles. The van der Waals surface area contributed by atoms with Crippen LogP contribution in [0.1, 0.15) is 23.2 Å². The zero-order valence-electron chi connectivity index (χ0n) is 11.1. The summed E-state index contributed by atoms with van der Waals surface area (Å²) >= 11 is 3.31. The van der Waals surface area contributed by atoms with E-state index in [1.54, 1.807) is 18.2 Å². The maximum absolute atomic E-state index is 11.9. The molecule has 1 fully saturated rings. The number of benzene rings is 1. The van der Waals surface area contributed by atoms with Gasteiger partial charge in [0.05, 0.1) is 6.54 Å². The van der Waals surface area contributed by atoms with Crippen LogP contribution in [0.2, 0.25) is 0 Å². The van der Waals surface area contributed by atoms with Gasteiger partial charge in [-0.05, 0) is 37.6 Å². The van der Waals surface area contributed by atoms with Crippen LogP contribution in [-0.2, 0) is 4.79 Å². The van der Waals surface area contributed by atoms with Crippen molar-refractivity contribution in [2.24, 2.45) is 0 Å². The molecule has 0 aliphatic carbocycles. The molecule has 0 spiro atoms. The molecule has 1 aliphatic rings. The zero-order valence-corrected chi connectivity index (χ0v) is 12.7. The van der Waals surface area contributed by atoms with Gasteiger partial charge in [0.2, 0.25) is 5.91 Å². The Morgan fingerprint density at radius 3 is 2.95 bits per heavy atom. The highest BCUT2D eigenvalue weighted by atomic mass is 79.9. The number of hydrogen-bond acceptors (Lipinski definition) is 3. The average molecular weight is 340 g/mol. The second-order valence-electron chi connectivity index (χ2n) is 4.80. The molecular formula is C14H18BrN3O2. The van der Waals surface area contributed by atoms with Crippen molar-refractivity contribution in [2.75, 3.05) is 19.6 Å². The fraction of sp³-hybridized carbons (Fsp3) is 0.429. The predicted octanol–water partition coefficient (Wildman–Crippen LogP) is 1.05. The van der Waals surface area contributed by atoms with E-state index in [0.29, 0.717) is 5.56 Å². The maximum atomic E-state index is 11.9. The molecule has 1 aromatic rings. The van der Waals surface area contributed by atoms with E-state index in [1.165, 1.54) is 0 Å². The number of piperidine rings is 1. The van der Waals surface area contributed by atoms with Crippen molar-refractivity contribution in [1.82, 2.24) is 16.0 Å². The molecule has 0 saturated carbocycles. The Kier molecular flexibility index (Phi) is 5.55. The van der Waals surface area contributed by atoms with Crippen molar-refractivity contribution in [3.05, 3.63) is 34.3 Å². The monoisotopic (exact) mass is 339 g/mol. The highest BCUT2D eigenvalue weighted by Gasteiger charge is 2.15. The first-order valence-electron chi connectivity index (χ1n) is 6.69. The third-order valence-electron chi connectivity index (χ3n) is 3.16. The highest BCUT2D eigenvalue weighted by molar-refractivity contribution is 9.10. The lowest BCUT2D eigenvalue weighted by Crippen LogP contribution is -2.48. The van der Waals surface area contributed by atoms with Crippen molar-refractivity contribution in [3.8, 4) is 0 Å². The van der Waals surface area contributed by atoms with Gasteiger partial charge < -0.3 is 16.0 Å². The zero-order chi connectivity index (χ0) is 14.4. The summed E-state index contributed by atoms with van der Waals surface area (Å²) < 4.78 is 0.836. The topological polar surface area (TPSA) is 70.2 Å². The van der Waals surface area contributed by atoms with E-state index < -0.39 is 0 Å². The molecule has 1 atom stereocenters. The van der Waals surface area contributed by atoms with Crippen molar-refractivity contribution in [1.29, 1.82) is 0 Å². The Balaban J connectivity index is 1.76. The van der Waals surface area contributed by atoms with E-state index in [2.05, 4.69) is 31.9 Å². The third kappa shape index (κ3) is 4.61. The Bertz CT molecular complexity index is 487. The standard InChI is InChI=1S/C14H18BrN3O2/c15-11-4-1-3-10(7-11)14(20)17-9-13(19)18-12-5-2-6-16-8-12/h1,3-4,7,12,16H,2,5-6,8-9H2,(H,17,20)(H,18,19). The lowest BCUT2D eigenvalue weighted by atomic mass is 10.1. The number of halogens is 1. The van der Waals surface area contributed by atoms with Crippen LogP contribution in [0.15, 0.2) is 28.7 Å². The van der Waals surface area contributed by atoms with Gasteiger partial charge in [-0.25, -0.2) is 0 Å². The first kappa shape index (κ1) is 15.0. The van der Waals surface area contributed by atoms with Crippen molar-refractivity contribution >= 4 is 27.7 Å². The fourth-order valence-electron chi connectivity index (χ4n) is 2.15. The summed E-state index contributed by atoms with van der Waals surface area (Å²) in [7, 11) is 0. The first-order chi connectivity index (χ1) is 9.65. The van der Waals surface area contributed by atoms with Gasteiger partial charge in [-0.3, -0.25) is 9.59 Å². The van der Waals surface area contributed by atoms with Crippen LogP contribution >= 0.6 is 15.9 Å². The third-order valence-corrected chi connectivity index (χ3v) is 3.65. The lowest BCUT2D eigenvalue weighted by Gasteiger charge is -2.23. The number of amides is 2. The minimum atomic E-state index is -0.247. The summed E-state index contributed by atoms with van der Waals surface area (Å²) in [6.45, 7) is 1.80. The van der Waals surface area contributed by atoms with Crippen molar-refractivity contribution < 1.29 is 9.59 Å². The lowest BCUT2D eigenvalue weighted by molar-refractivity contribution is -0.120. The van der Waals surface area contributed by atoms with Crippen LogP contribution < -0.4 is 16.0 Å². The molecule has 2 rings (SSSR count). The normalized spacial score (nSPS) is 18.4. The number of rotatable bonds is 4. The summed E-state index contributed by atoms with van der Waals surface area (Å²) in [4.78, 5) is 23.6. The molecule has 1 unspecified atom stereocenters. The first-order valence-corrected chi connectivity index (χ1v) is 7.48. The number of nitrogens with one attached hydrogen (secondary N) is 3. The summed E-state index contributed by atoms with van der Waals surface area (Å²) in [6.07, 6.45) is 2.05. The molecule has 0 bridgehead atoms. The van der Waals surface area contributed by atoms with E-state index >= 15 is 0 Å². The predicted molar refractivity (Wildman–Crippen MR) is 80.5 cm³/mol. The van der Waals surface area contributed by atoms with Gasteiger partial charge in [0, 0.05) is 22.6 Å². The Morgan fingerprint density at radius 1 is 1.40 bits per heavy atom. The molecule has 0 aromatic heterocycles. The maximum Gasteiger partial charge on any atom is 0.251 e. The molecule has 1 aromatic carbocycles. The van der Waals surface area contributed by atoms with Gasteiger partial charge in [-0.2, -0.15) is 0 Å². The summed E-state index contributed by atoms with van der Waals surface area (Å²) in [5, 5.41) is 8.76. The van der Waals surface area contributed by atoms with E-state index in [-0.39, 0.29) is 24.4 Å². The summed E-state index contributed by atoms with van der Waals surface area (Å²) in [5.74, 6) is -0.398. The molecule has 1 heterocycles. The van der Waals surface area contributed by atoms with Gasteiger partial charge in [0.1, 0.15) is 0 Å². The molecule has 5 nitrogen and oxygen atoms in total. The molecule has 3 N–H and O–H groups in total. The second kappa shape index (κ2) is 7.40. The van der Waals surface area contributed by atoms with E-state index in [0.717, 1.165) is 30.4 Å².